The molecule has 2 saturated heterocycles. The van der Waals surface area contributed by atoms with Gasteiger partial charge in [0, 0.05) is 45.2 Å². The molecule has 10 heteroatoms. The van der Waals surface area contributed by atoms with Gasteiger partial charge in [0.05, 0.1) is 45.6 Å². The summed E-state index contributed by atoms with van der Waals surface area (Å²) in [5.41, 5.74) is 1.75. The number of nitrogens with zero attached hydrogens (tertiary/aromatic N) is 3. The Hall–Kier alpha value is -4.47. The fourth-order valence-corrected chi connectivity index (χ4v) is 5.97. The van der Waals surface area contributed by atoms with Crippen molar-refractivity contribution in [3.8, 4) is 23.0 Å². The Morgan fingerprint density at radius 2 is 1.36 bits per heavy atom. The van der Waals surface area contributed by atoms with Crippen LogP contribution in [0.3, 0.4) is 0 Å². The normalized spacial score (nSPS) is 18.5. The van der Waals surface area contributed by atoms with Gasteiger partial charge in [-0.05, 0) is 42.0 Å². The molecular weight excluding hydrogens is 541 g/mol. The number of rotatable bonds is 8. The van der Waals surface area contributed by atoms with Crippen molar-refractivity contribution in [3.05, 3.63) is 77.6 Å². The lowest BCUT2D eigenvalue weighted by Gasteiger charge is -2.38. The van der Waals surface area contributed by atoms with Crippen molar-refractivity contribution in [2.75, 3.05) is 72.6 Å². The molecule has 2 aliphatic rings. The third-order valence-corrected chi connectivity index (χ3v) is 8.16. The van der Waals surface area contributed by atoms with E-state index in [0.29, 0.717) is 43.4 Å². The van der Waals surface area contributed by atoms with Crippen LogP contribution in [0, 0.1) is 11.7 Å². The summed E-state index contributed by atoms with van der Waals surface area (Å²) in [5.74, 6) is 0.169. The summed E-state index contributed by atoms with van der Waals surface area (Å²) in [4.78, 5) is 33.2. The van der Waals surface area contributed by atoms with E-state index >= 15 is 0 Å². The Labute approximate surface area is 245 Å². The molecular formula is C32H36FN3O6. The fraction of sp³-hybridized carbons (Fsp3) is 0.375. The zero-order valence-electron chi connectivity index (χ0n) is 24.3. The van der Waals surface area contributed by atoms with E-state index in [1.165, 1.54) is 33.5 Å². The predicted molar refractivity (Wildman–Crippen MR) is 156 cm³/mol. The van der Waals surface area contributed by atoms with Crippen molar-refractivity contribution < 1.29 is 32.9 Å². The van der Waals surface area contributed by atoms with Crippen molar-refractivity contribution >= 4 is 17.5 Å². The summed E-state index contributed by atoms with van der Waals surface area (Å²) in [6, 6.07) is 17.4. The van der Waals surface area contributed by atoms with Gasteiger partial charge in [-0.25, -0.2) is 4.39 Å². The average molecular weight is 578 g/mol. The number of carbonyl (C=O) groups excluding carboxylic acids is 2. The number of hydrogen-bond acceptors (Lipinski definition) is 7. The molecule has 0 N–H and O–H groups in total. The first-order valence-electron chi connectivity index (χ1n) is 13.9. The number of ether oxygens (including phenoxy) is 4. The second kappa shape index (κ2) is 12.6. The number of amides is 2. The van der Waals surface area contributed by atoms with E-state index < -0.39 is 17.6 Å². The molecule has 2 atom stereocenters. The smallest absolute Gasteiger partial charge is 0.256 e. The van der Waals surface area contributed by atoms with Crippen LogP contribution in [-0.4, -0.2) is 89.3 Å². The zero-order chi connectivity index (χ0) is 29.8. The first-order valence-corrected chi connectivity index (χ1v) is 13.9. The molecule has 2 heterocycles. The largest absolute Gasteiger partial charge is 0.495 e. The molecule has 0 bridgehead atoms. The molecule has 3 aromatic carbocycles. The van der Waals surface area contributed by atoms with Crippen molar-refractivity contribution in [1.29, 1.82) is 0 Å². The second-order valence-electron chi connectivity index (χ2n) is 10.3. The van der Waals surface area contributed by atoms with Gasteiger partial charge in [0.15, 0.2) is 11.5 Å². The van der Waals surface area contributed by atoms with Crippen molar-refractivity contribution in [1.82, 2.24) is 9.80 Å². The average Bonchev–Trinajstić information content (AvgIpc) is 3.49. The molecule has 3 aromatic rings. The first kappa shape index (κ1) is 29.0. The number of benzene rings is 3. The Morgan fingerprint density at radius 3 is 1.98 bits per heavy atom. The molecule has 0 aliphatic carbocycles. The minimum Gasteiger partial charge on any atom is -0.495 e. The molecule has 0 saturated carbocycles. The van der Waals surface area contributed by atoms with E-state index in [1.54, 1.807) is 24.1 Å². The minimum atomic E-state index is -0.589. The first-order chi connectivity index (χ1) is 20.4. The van der Waals surface area contributed by atoms with E-state index in [9.17, 15) is 14.0 Å². The zero-order valence-corrected chi connectivity index (χ0v) is 24.3. The lowest BCUT2D eigenvalue weighted by atomic mass is 9.87. The maximum atomic E-state index is 14.6. The lowest BCUT2D eigenvalue weighted by molar-refractivity contribution is -0.135. The molecule has 0 aromatic heterocycles. The molecule has 2 amide bonds. The fourth-order valence-electron chi connectivity index (χ4n) is 5.97. The maximum absolute atomic E-state index is 14.6. The number of methoxy groups -OCH3 is 4. The van der Waals surface area contributed by atoms with Crippen LogP contribution in [0.2, 0.25) is 0 Å². The summed E-state index contributed by atoms with van der Waals surface area (Å²) in [7, 11) is 6.25. The maximum Gasteiger partial charge on any atom is 0.256 e. The van der Waals surface area contributed by atoms with Gasteiger partial charge in [0.2, 0.25) is 11.7 Å². The molecule has 2 unspecified atom stereocenters. The van der Waals surface area contributed by atoms with Crippen LogP contribution in [-0.2, 0) is 4.79 Å². The van der Waals surface area contributed by atoms with Crippen LogP contribution in [0.1, 0.15) is 21.8 Å². The van der Waals surface area contributed by atoms with E-state index in [4.69, 9.17) is 18.9 Å². The predicted octanol–water partition coefficient (Wildman–Crippen LogP) is 4.06. The second-order valence-corrected chi connectivity index (χ2v) is 10.3. The number of piperazine rings is 1. The van der Waals surface area contributed by atoms with Crippen molar-refractivity contribution in [3.63, 3.8) is 0 Å². The summed E-state index contributed by atoms with van der Waals surface area (Å²) >= 11 is 0. The van der Waals surface area contributed by atoms with Gasteiger partial charge in [0.25, 0.3) is 5.91 Å². The highest BCUT2D eigenvalue weighted by Crippen LogP contribution is 2.44. The summed E-state index contributed by atoms with van der Waals surface area (Å²) in [6.45, 7) is 2.74. The standard InChI is InChI=1S/C32H36FN3O6/c1-39-27-12-8-7-11-26(27)34-13-15-35(16-14-34)32(38)24-20-36(31(37)22-9-5-6-10-25(22)33)19-23(24)21-17-28(40-2)30(42-4)29(18-21)41-3/h5-12,17-18,23-24H,13-16,19-20H2,1-4H3. The molecule has 9 nitrogen and oxygen atoms in total. The number of likely N-dealkylation sites (tertiary alicyclic amines) is 1. The number of hydrogen-bond donors (Lipinski definition) is 0. The van der Waals surface area contributed by atoms with Crippen molar-refractivity contribution in [2.45, 2.75) is 5.92 Å². The molecule has 222 valence electrons. The summed E-state index contributed by atoms with van der Waals surface area (Å²) in [6.07, 6.45) is 0. The molecule has 2 fully saturated rings. The highest BCUT2D eigenvalue weighted by molar-refractivity contribution is 5.95. The molecule has 2 aliphatic heterocycles. The van der Waals surface area contributed by atoms with Gasteiger partial charge in [-0.2, -0.15) is 0 Å². The van der Waals surface area contributed by atoms with Gasteiger partial charge < -0.3 is 33.6 Å². The van der Waals surface area contributed by atoms with Crippen LogP contribution in [0.25, 0.3) is 0 Å². The highest BCUT2D eigenvalue weighted by Gasteiger charge is 2.43. The van der Waals surface area contributed by atoms with Crippen LogP contribution >= 0.6 is 0 Å². The van der Waals surface area contributed by atoms with E-state index in [0.717, 1.165) is 17.0 Å². The lowest BCUT2D eigenvalue weighted by Crippen LogP contribution is -2.51. The minimum absolute atomic E-state index is 0.0142. The van der Waals surface area contributed by atoms with Crippen molar-refractivity contribution in [2.24, 2.45) is 5.92 Å². The van der Waals surface area contributed by atoms with Gasteiger partial charge in [-0.1, -0.05) is 24.3 Å². The van der Waals surface area contributed by atoms with E-state index in [2.05, 4.69) is 4.90 Å². The quantitative estimate of drug-likeness (QED) is 0.400. The topological polar surface area (TPSA) is 80.8 Å². The summed E-state index contributed by atoms with van der Waals surface area (Å²) in [5, 5.41) is 0. The third-order valence-electron chi connectivity index (χ3n) is 8.16. The monoisotopic (exact) mass is 577 g/mol. The Bertz CT molecular complexity index is 1420. The SMILES string of the molecule is COc1ccccc1N1CCN(C(=O)C2CN(C(=O)c3ccccc3F)CC2c2cc(OC)c(OC)c(OC)c2)CC1. The van der Waals surface area contributed by atoms with Crippen LogP contribution < -0.4 is 23.8 Å². The third kappa shape index (κ3) is 5.53. The van der Waals surface area contributed by atoms with E-state index in [-0.39, 0.29) is 30.5 Å². The number of carbonyl (C=O) groups is 2. The molecule has 0 spiro atoms. The van der Waals surface area contributed by atoms with Gasteiger partial charge >= 0.3 is 0 Å². The van der Waals surface area contributed by atoms with E-state index in [1.807, 2.05) is 41.3 Å². The number of halogens is 1. The van der Waals surface area contributed by atoms with Crippen LogP contribution in [0.15, 0.2) is 60.7 Å². The molecule has 42 heavy (non-hydrogen) atoms. The summed E-state index contributed by atoms with van der Waals surface area (Å²) < 4.78 is 36.8. The van der Waals surface area contributed by atoms with Gasteiger partial charge in [0.1, 0.15) is 11.6 Å². The molecule has 5 rings (SSSR count). The van der Waals surface area contributed by atoms with Gasteiger partial charge in [-0.15, -0.1) is 0 Å². The van der Waals surface area contributed by atoms with Crippen LogP contribution in [0.5, 0.6) is 23.0 Å². The number of anilines is 1. The number of para-hydroxylation sites is 2. The Morgan fingerprint density at radius 1 is 0.738 bits per heavy atom. The Kier molecular flexibility index (Phi) is 8.70. The van der Waals surface area contributed by atoms with Gasteiger partial charge in [-0.3, -0.25) is 9.59 Å². The highest BCUT2D eigenvalue weighted by atomic mass is 19.1. The molecule has 0 radical (unpaired) electrons. The van der Waals surface area contributed by atoms with Crippen LogP contribution in [0.4, 0.5) is 10.1 Å². The Balaban J connectivity index is 1.43.